The van der Waals surface area contributed by atoms with Gasteiger partial charge in [0.2, 0.25) is 0 Å². The van der Waals surface area contributed by atoms with Gasteiger partial charge in [0.25, 0.3) is 11.8 Å². The summed E-state index contributed by atoms with van der Waals surface area (Å²) in [4.78, 5) is 30.2. The summed E-state index contributed by atoms with van der Waals surface area (Å²) < 4.78 is 6.73. The predicted octanol–water partition coefficient (Wildman–Crippen LogP) is 1.69. The minimum absolute atomic E-state index is 0.218. The zero-order chi connectivity index (χ0) is 18.0. The van der Waals surface area contributed by atoms with Crippen LogP contribution < -0.4 is 10.1 Å². The van der Waals surface area contributed by atoms with Crippen LogP contribution in [-0.4, -0.2) is 52.5 Å². The molecule has 0 unspecified atom stereocenters. The lowest BCUT2D eigenvalue weighted by molar-refractivity contribution is 0.0824. The highest BCUT2D eigenvalue weighted by Crippen LogP contribution is 2.24. The Hall–Kier alpha value is -3.42. The molecule has 0 fully saturated rings. The second-order valence-corrected chi connectivity index (χ2v) is 5.52. The third-order valence-corrected chi connectivity index (χ3v) is 3.56. The predicted molar refractivity (Wildman–Crippen MR) is 92.0 cm³/mol. The molecule has 2 amide bonds. The van der Waals surface area contributed by atoms with Gasteiger partial charge < -0.3 is 15.0 Å². The Labute approximate surface area is 144 Å². The number of methoxy groups -OCH3 is 1. The zero-order valence-corrected chi connectivity index (χ0v) is 14.1. The van der Waals surface area contributed by atoms with Gasteiger partial charge >= 0.3 is 0 Å². The molecule has 8 nitrogen and oxygen atoms in total. The fraction of sp³-hybridized carbons (Fsp3) is 0.176. The number of fused-ring (bicyclic) bond motifs is 1. The summed E-state index contributed by atoms with van der Waals surface area (Å²) in [6, 6.07) is 8.19. The van der Waals surface area contributed by atoms with Crippen LogP contribution >= 0.6 is 0 Å². The van der Waals surface area contributed by atoms with E-state index in [-0.39, 0.29) is 17.5 Å². The maximum absolute atomic E-state index is 12.4. The Morgan fingerprint density at radius 3 is 2.72 bits per heavy atom. The third kappa shape index (κ3) is 3.27. The molecular formula is C17H17N5O3. The second kappa shape index (κ2) is 6.60. The lowest BCUT2D eigenvalue weighted by Gasteiger charge is -2.14. The Kier molecular flexibility index (Phi) is 4.34. The van der Waals surface area contributed by atoms with Crippen molar-refractivity contribution >= 4 is 23.1 Å². The molecule has 128 valence electrons. The van der Waals surface area contributed by atoms with Gasteiger partial charge in [-0.25, -0.2) is 9.50 Å². The molecule has 1 N–H and O–H groups in total. The standard InChI is InChI=1S/C17H17N5O3/c1-21(2)17(24)12-9-11(5-6-14(12)25-3)19-16(23)13-10-15-18-7-4-8-22(15)20-13/h4-10H,1-3H3,(H,19,23). The molecule has 0 atom stereocenters. The first kappa shape index (κ1) is 16.4. The van der Waals surface area contributed by atoms with E-state index in [1.165, 1.54) is 16.5 Å². The normalized spacial score (nSPS) is 10.5. The van der Waals surface area contributed by atoms with Crippen LogP contribution in [0, 0.1) is 0 Å². The molecule has 0 saturated heterocycles. The number of hydrogen-bond donors (Lipinski definition) is 1. The van der Waals surface area contributed by atoms with Gasteiger partial charge in [-0.1, -0.05) is 0 Å². The molecule has 0 aliphatic rings. The van der Waals surface area contributed by atoms with Crippen molar-refractivity contribution in [3.8, 4) is 5.75 Å². The Morgan fingerprint density at radius 1 is 1.24 bits per heavy atom. The van der Waals surface area contributed by atoms with Crippen LogP contribution in [0.2, 0.25) is 0 Å². The molecule has 3 aromatic rings. The average Bonchev–Trinajstić information content (AvgIpc) is 3.05. The molecular weight excluding hydrogens is 322 g/mol. The monoisotopic (exact) mass is 339 g/mol. The molecule has 0 saturated carbocycles. The number of anilines is 1. The summed E-state index contributed by atoms with van der Waals surface area (Å²) in [7, 11) is 4.79. The molecule has 2 aromatic heterocycles. The number of carbonyl (C=O) groups excluding carboxylic acids is 2. The number of ether oxygens (including phenoxy) is 1. The molecule has 0 aliphatic carbocycles. The van der Waals surface area contributed by atoms with E-state index >= 15 is 0 Å². The van der Waals surface area contributed by atoms with Crippen molar-refractivity contribution in [2.24, 2.45) is 0 Å². The summed E-state index contributed by atoms with van der Waals surface area (Å²) in [5, 5.41) is 6.91. The number of nitrogens with zero attached hydrogens (tertiary/aromatic N) is 4. The van der Waals surface area contributed by atoms with Crippen molar-refractivity contribution in [1.29, 1.82) is 0 Å². The Morgan fingerprint density at radius 2 is 2.04 bits per heavy atom. The highest BCUT2D eigenvalue weighted by Gasteiger charge is 2.17. The topological polar surface area (TPSA) is 88.8 Å². The van der Waals surface area contributed by atoms with E-state index in [4.69, 9.17) is 4.74 Å². The number of carbonyl (C=O) groups is 2. The van der Waals surface area contributed by atoms with Crippen LogP contribution in [0.15, 0.2) is 42.7 Å². The number of nitrogens with one attached hydrogen (secondary N) is 1. The van der Waals surface area contributed by atoms with Crippen LogP contribution in [-0.2, 0) is 0 Å². The number of rotatable bonds is 4. The highest BCUT2D eigenvalue weighted by atomic mass is 16.5. The third-order valence-electron chi connectivity index (χ3n) is 3.56. The van der Waals surface area contributed by atoms with E-state index < -0.39 is 0 Å². The first-order valence-electron chi connectivity index (χ1n) is 7.51. The first-order valence-corrected chi connectivity index (χ1v) is 7.51. The minimum Gasteiger partial charge on any atom is -0.496 e. The van der Waals surface area contributed by atoms with Crippen molar-refractivity contribution in [2.45, 2.75) is 0 Å². The van der Waals surface area contributed by atoms with Crippen molar-refractivity contribution in [3.05, 3.63) is 54.0 Å². The fourth-order valence-electron chi connectivity index (χ4n) is 2.33. The van der Waals surface area contributed by atoms with E-state index in [0.717, 1.165) is 0 Å². The smallest absolute Gasteiger partial charge is 0.276 e. The van der Waals surface area contributed by atoms with E-state index in [1.54, 1.807) is 56.8 Å². The lowest BCUT2D eigenvalue weighted by Crippen LogP contribution is -2.22. The van der Waals surface area contributed by atoms with Crippen LogP contribution in [0.3, 0.4) is 0 Å². The number of benzene rings is 1. The van der Waals surface area contributed by atoms with Gasteiger partial charge in [0, 0.05) is 38.2 Å². The van der Waals surface area contributed by atoms with Crippen LogP contribution in [0.1, 0.15) is 20.8 Å². The quantitative estimate of drug-likeness (QED) is 0.781. The molecule has 0 radical (unpaired) electrons. The summed E-state index contributed by atoms with van der Waals surface area (Å²) in [5.41, 5.74) is 1.64. The fourth-order valence-corrected chi connectivity index (χ4v) is 2.33. The summed E-state index contributed by atoms with van der Waals surface area (Å²) in [5.74, 6) is -0.169. The molecule has 2 heterocycles. The minimum atomic E-state index is -0.390. The van der Waals surface area contributed by atoms with Crippen molar-refractivity contribution < 1.29 is 14.3 Å². The van der Waals surface area contributed by atoms with Crippen molar-refractivity contribution in [2.75, 3.05) is 26.5 Å². The van der Waals surface area contributed by atoms with Crippen LogP contribution in [0.4, 0.5) is 5.69 Å². The van der Waals surface area contributed by atoms with E-state index in [9.17, 15) is 9.59 Å². The Balaban J connectivity index is 1.88. The van der Waals surface area contributed by atoms with Gasteiger partial charge in [0.15, 0.2) is 11.3 Å². The van der Waals surface area contributed by atoms with Crippen molar-refractivity contribution in [1.82, 2.24) is 19.5 Å². The maximum atomic E-state index is 12.4. The molecule has 0 aliphatic heterocycles. The SMILES string of the molecule is COc1ccc(NC(=O)c2cc3ncccn3n2)cc1C(=O)N(C)C. The van der Waals surface area contributed by atoms with Gasteiger partial charge in [-0.15, -0.1) is 0 Å². The van der Waals surface area contributed by atoms with E-state index in [2.05, 4.69) is 15.4 Å². The zero-order valence-electron chi connectivity index (χ0n) is 14.1. The average molecular weight is 339 g/mol. The van der Waals surface area contributed by atoms with Crippen LogP contribution in [0.5, 0.6) is 5.75 Å². The second-order valence-electron chi connectivity index (χ2n) is 5.52. The van der Waals surface area contributed by atoms with Gasteiger partial charge in [0.05, 0.1) is 12.7 Å². The molecule has 1 aromatic carbocycles. The Bertz CT molecular complexity index is 915. The summed E-state index contributed by atoms with van der Waals surface area (Å²) in [6.45, 7) is 0. The summed E-state index contributed by atoms with van der Waals surface area (Å²) >= 11 is 0. The van der Waals surface area contributed by atoms with E-state index in [1.807, 2.05) is 0 Å². The van der Waals surface area contributed by atoms with Crippen LogP contribution in [0.25, 0.3) is 5.65 Å². The molecule has 8 heteroatoms. The number of amides is 2. The molecule has 0 spiro atoms. The maximum Gasteiger partial charge on any atom is 0.276 e. The number of aromatic nitrogens is 3. The van der Waals surface area contributed by atoms with Gasteiger partial charge in [-0.3, -0.25) is 9.59 Å². The molecule has 25 heavy (non-hydrogen) atoms. The lowest BCUT2D eigenvalue weighted by atomic mass is 10.1. The first-order chi connectivity index (χ1) is 12.0. The van der Waals surface area contributed by atoms with Gasteiger partial charge in [-0.05, 0) is 24.3 Å². The largest absolute Gasteiger partial charge is 0.496 e. The molecule has 0 bridgehead atoms. The summed E-state index contributed by atoms with van der Waals surface area (Å²) in [6.07, 6.45) is 3.33. The highest BCUT2D eigenvalue weighted by molar-refractivity contribution is 6.05. The van der Waals surface area contributed by atoms with Gasteiger partial charge in [0.1, 0.15) is 5.75 Å². The number of hydrogen-bond acceptors (Lipinski definition) is 5. The van der Waals surface area contributed by atoms with Crippen molar-refractivity contribution in [3.63, 3.8) is 0 Å². The van der Waals surface area contributed by atoms with E-state index in [0.29, 0.717) is 22.6 Å². The van der Waals surface area contributed by atoms with Gasteiger partial charge in [-0.2, -0.15) is 5.10 Å². The molecule has 3 rings (SSSR count).